The molecule has 1 atom stereocenters. The summed E-state index contributed by atoms with van der Waals surface area (Å²) in [5.74, 6) is -0.988. The highest BCUT2D eigenvalue weighted by Gasteiger charge is 2.36. The van der Waals surface area contributed by atoms with Crippen molar-refractivity contribution in [1.82, 2.24) is 10.2 Å². The van der Waals surface area contributed by atoms with Gasteiger partial charge >= 0.3 is 0 Å². The first-order chi connectivity index (χ1) is 21.7. The van der Waals surface area contributed by atoms with Gasteiger partial charge in [-0.3, -0.25) is 13.9 Å². The van der Waals surface area contributed by atoms with E-state index in [0.29, 0.717) is 26.9 Å². The van der Waals surface area contributed by atoms with Gasteiger partial charge in [-0.15, -0.1) is 0 Å². The summed E-state index contributed by atoms with van der Waals surface area (Å²) < 4.78 is 29.6. The van der Waals surface area contributed by atoms with E-state index in [1.165, 1.54) is 17.0 Å². The van der Waals surface area contributed by atoms with E-state index >= 15 is 0 Å². The van der Waals surface area contributed by atoms with Gasteiger partial charge in [-0.05, 0) is 81.6 Å². The summed E-state index contributed by atoms with van der Waals surface area (Å²) >= 11 is 13.2. The SMILES string of the molecule is Cc1ccc(C)c(N(CC(=O)N(Cc2c(Cl)cccc2Cl)[C@H](Cc2ccccc2)C(=O)NC(C)(C)C)S(=O)(=O)c2ccccc2)c1. The molecule has 2 amide bonds. The van der Waals surface area contributed by atoms with Gasteiger partial charge in [-0.25, -0.2) is 8.42 Å². The van der Waals surface area contributed by atoms with Gasteiger partial charge in [-0.1, -0.05) is 89.9 Å². The Labute approximate surface area is 282 Å². The molecule has 0 aliphatic heterocycles. The number of carbonyl (C=O) groups is 2. The molecular formula is C36H39Cl2N3O4S. The zero-order valence-corrected chi connectivity index (χ0v) is 29.0. The molecule has 242 valence electrons. The second kappa shape index (κ2) is 14.7. The first kappa shape index (κ1) is 35.0. The zero-order chi connectivity index (χ0) is 33.6. The molecule has 1 N–H and O–H groups in total. The maximum atomic E-state index is 14.7. The third kappa shape index (κ3) is 8.69. The highest BCUT2D eigenvalue weighted by Crippen LogP contribution is 2.31. The lowest BCUT2D eigenvalue weighted by Crippen LogP contribution is -2.56. The second-order valence-corrected chi connectivity index (χ2v) is 15.0. The fraction of sp³-hybridized carbons (Fsp3) is 0.278. The van der Waals surface area contributed by atoms with Crippen LogP contribution in [0.3, 0.4) is 0 Å². The number of sulfonamides is 1. The highest BCUT2D eigenvalue weighted by molar-refractivity contribution is 7.92. The smallest absolute Gasteiger partial charge is 0.264 e. The fourth-order valence-corrected chi connectivity index (χ4v) is 7.09. The zero-order valence-electron chi connectivity index (χ0n) is 26.6. The highest BCUT2D eigenvalue weighted by atomic mass is 35.5. The van der Waals surface area contributed by atoms with Crippen LogP contribution in [0.2, 0.25) is 10.0 Å². The van der Waals surface area contributed by atoms with E-state index in [4.69, 9.17) is 23.2 Å². The number of halogens is 2. The van der Waals surface area contributed by atoms with Gasteiger partial charge in [0.05, 0.1) is 10.6 Å². The predicted molar refractivity (Wildman–Crippen MR) is 186 cm³/mol. The van der Waals surface area contributed by atoms with Crippen LogP contribution in [-0.4, -0.2) is 43.3 Å². The van der Waals surface area contributed by atoms with Crippen LogP contribution < -0.4 is 9.62 Å². The number of hydrogen-bond acceptors (Lipinski definition) is 4. The van der Waals surface area contributed by atoms with Crippen LogP contribution in [0.15, 0.2) is 102 Å². The van der Waals surface area contributed by atoms with Gasteiger partial charge in [0, 0.05) is 34.1 Å². The lowest BCUT2D eigenvalue weighted by molar-refractivity contribution is -0.140. The number of anilines is 1. The summed E-state index contributed by atoms with van der Waals surface area (Å²) in [6.07, 6.45) is 0.172. The van der Waals surface area contributed by atoms with Crippen LogP contribution in [0.5, 0.6) is 0 Å². The van der Waals surface area contributed by atoms with E-state index in [1.807, 2.05) is 70.2 Å². The van der Waals surface area contributed by atoms with E-state index in [9.17, 15) is 18.0 Å². The number of rotatable bonds is 11. The van der Waals surface area contributed by atoms with Crippen molar-refractivity contribution in [3.05, 3.63) is 129 Å². The largest absolute Gasteiger partial charge is 0.350 e. The molecule has 4 aromatic carbocycles. The van der Waals surface area contributed by atoms with Gasteiger partial charge in [0.25, 0.3) is 10.0 Å². The topological polar surface area (TPSA) is 86.8 Å². The minimum absolute atomic E-state index is 0.0377. The average Bonchev–Trinajstić information content (AvgIpc) is 3.00. The Morgan fingerprint density at radius 2 is 1.41 bits per heavy atom. The van der Waals surface area contributed by atoms with Gasteiger partial charge in [0.2, 0.25) is 11.8 Å². The molecule has 0 bridgehead atoms. The van der Waals surface area contributed by atoms with Crippen LogP contribution in [0, 0.1) is 13.8 Å². The molecule has 7 nitrogen and oxygen atoms in total. The Morgan fingerprint density at radius 1 is 0.826 bits per heavy atom. The number of nitrogens with zero attached hydrogens (tertiary/aromatic N) is 2. The van der Waals surface area contributed by atoms with Crippen molar-refractivity contribution < 1.29 is 18.0 Å². The van der Waals surface area contributed by atoms with E-state index < -0.39 is 40.0 Å². The van der Waals surface area contributed by atoms with Gasteiger partial charge in [0.1, 0.15) is 12.6 Å². The number of nitrogens with one attached hydrogen (secondary N) is 1. The Bertz CT molecular complexity index is 1770. The Balaban J connectivity index is 1.88. The van der Waals surface area contributed by atoms with Crippen LogP contribution >= 0.6 is 23.2 Å². The lowest BCUT2D eigenvalue weighted by Gasteiger charge is -2.36. The van der Waals surface area contributed by atoms with Crippen LogP contribution in [0.1, 0.15) is 43.0 Å². The maximum Gasteiger partial charge on any atom is 0.264 e. The van der Waals surface area contributed by atoms with Gasteiger partial charge in [0.15, 0.2) is 0 Å². The quantitative estimate of drug-likeness (QED) is 0.179. The summed E-state index contributed by atoms with van der Waals surface area (Å²) in [6, 6.07) is 26.8. The van der Waals surface area contributed by atoms with E-state index in [2.05, 4.69) is 5.32 Å². The van der Waals surface area contributed by atoms with Gasteiger partial charge < -0.3 is 10.2 Å². The molecule has 0 saturated carbocycles. The van der Waals surface area contributed by atoms with Gasteiger partial charge in [-0.2, -0.15) is 0 Å². The molecule has 0 heterocycles. The number of benzene rings is 4. The van der Waals surface area contributed by atoms with Crippen molar-refractivity contribution in [3.8, 4) is 0 Å². The number of amides is 2. The van der Waals surface area contributed by atoms with Crippen LogP contribution in [0.4, 0.5) is 5.69 Å². The normalized spacial score (nSPS) is 12.3. The van der Waals surface area contributed by atoms with Crippen molar-refractivity contribution >= 4 is 50.7 Å². The molecule has 0 aliphatic rings. The van der Waals surface area contributed by atoms with Crippen LogP contribution in [-0.2, 0) is 32.6 Å². The Morgan fingerprint density at radius 3 is 2.00 bits per heavy atom. The summed E-state index contributed by atoms with van der Waals surface area (Å²) in [7, 11) is -4.21. The average molecular weight is 681 g/mol. The third-order valence-electron chi connectivity index (χ3n) is 7.40. The number of aryl methyl sites for hydroxylation is 2. The lowest BCUT2D eigenvalue weighted by atomic mass is 10.0. The third-order valence-corrected chi connectivity index (χ3v) is 9.89. The van der Waals surface area contributed by atoms with Crippen molar-refractivity contribution in [2.45, 2.75) is 64.1 Å². The second-order valence-electron chi connectivity index (χ2n) is 12.3. The van der Waals surface area contributed by atoms with E-state index in [1.54, 1.807) is 49.4 Å². The molecule has 4 rings (SSSR count). The van der Waals surface area contributed by atoms with Crippen molar-refractivity contribution in [2.24, 2.45) is 0 Å². The minimum Gasteiger partial charge on any atom is -0.350 e. The maximum absolute atomic E-state index is 14.7. The molecule has 10 heteroatoms. The molecule has 4 aromatic rings. The number of hydrogen-bond donors (Lipinski definition) is 1. The first-order valence-electron chi connectivity index (χ1n) is 14.9. The molecule has 46 heavy (non-hydrogen) atoms. The monoisotopic (exact) mass is 679 g/mol. The summed E-state index contributed by atoms with van der Waals surface area (Å²) in [5, 5.41) is 3.66. The molecule has 0 unspecified atom stereocenters. The number of carbonyl (C=O) groups excluding carboxylic acids is 2. The summed E-state index contributed by atoms with van der Waals surface area (Å²) in [4.78, 5) is 30.1. The van der Waals surface area contributed by atoms with E-state index in [0.717, 1.165) is 15.4 Å². The first-order valence-corrected chi connectivity index (χ1v) is 17.1. The molecule has 0 aliphatic carbocycles. The van der Waals surface area contributed by atoms with Crippen molar-refractivity contribution in [1.29, 1.82) is 0 Å². The standard InChI is InChI=1S/C36H39Cl2N3O4S/c1-25-19-20-26(2)32(21-25)41(46(44,45)28-15-10-7-11-16-28)24-34(42)40(23-29-30(37)17-12-18-31(29)38)33(35(43)39-36(3,4)5)22-27-13-8-6-9-14-27/h6-21,33H,22-24H2,1-5H3,(H,39,43)/t33-/m1/s1. The molecule has 0 radical (unpaired) electrons. The van der Waals surface area contributed by atoms with Crippen molar-refractivity contribution in [3.63, 3.8) is 0 Å². The van der Waals surface area contributed by atoms with Crippen molar-refractivity contribution in [2.75, 3.05) is 10.8 Å². The Kier molecular flexibility index (Phi) is 11.2. The Hall–Kier alpha value is -3.85. The molecule has 0 saturated heterocycles. The van der Waals surface area contributed by atoms with Crippen LogP contribution in [0.25, 0.3) is 0 Å². The summed E-state index contributed by atoms with van der Waals surface area (Å²) in [5.41, 5.74) is 2.53. The molecule has 0 spiro atoms. The fourth-order valence-electron chi connectivity index (χ4n) is 5.08. The predicted octanol–water partition coefficient (Wildman–Crippen LogP) is 7.36. The molecular weight excluding hydrogens is 641 g/mol. The minimum atomic E-state index is -4.21. The molecule has 0 fully saturated rings. The molecule has 0 aromatic heterocycles. The van der Waals surface area contributed by atoms with E-state index in [-0.39, 0.29) is 17.9 Å². The summed E-state index contributed by atoms with van der Waals surface area (Å²) in [6.45, 7) is 8.53.